The second kappa shape index (κ2) is 6.90. The van der Waals surface area contributed by atoms with Crippen LogP contribution in [0.1, 0.15) is 27.9 Å². The molecule has 0 aliphatic carbocycles. The molecule has 7 nitrogen and oxygen atoms in total. The van der Waals surface area contributed by atoms with Gasteiger partial charge in [-0.2, -0.15) is 9.61 Å². The minimum atomic E-state index is -0.416. The number of fused-ring (bicyclic) bond motifs is 1. The fourth-order valence-electron chi connectivity index (χ4n) is 2.18. The van der Waals surface area contributed by atoms with Gasteiger partial charge in [-0.15, -0.1) is 0 Å². The second-order valence-corrected chi connectivity index (χ2v) is 6.11. The van der Waals surface area contributed by atoms with E-state index in [9.17, 15) is 9.59 Å². The summed E-state index contributed by atoms with van der Waals surface area (Å²) >= 11 is 1.28. The smallest absolute Gasteiger partial charge is 0.298 e. The van der Waals surface area contributed by atoms with Gasteiger partial charge in [-0.05, 0) is 25.5 Å². The molecule has 0 saturated carbocycles. The first-order valence-corrected chi connectivity index (χ1v) is 8.24. The molecular weight excluding hydrogens is 328 g/mol. The van der Waals surface area contributed by atoms with Crippen molar-refractivity contribution in [2.45, 2.75) is 20.5 Å². The number of carbonyl (C=O) groups is 1. The molecule has 0 aliphatic heterocycles. The number of hydrogen-bond acceptors (Lipinski definition) is 6. The van der Waals surface area contributed by atoms with E-state index in [0.29, 0.717) is 28.7 Å². The van der Waals surface area contributed by atoms with Crippen LogP contribution >= 0.6 is 11.3 Å². The average Bonchev–Trinajstić information content (AvgIpc) is 3.00. The zero-order valence-corrected chi connectivity index (χ0v) is 14.1. The first kappa shape index (κ1) is 16.3. The molecule has 0 bridgehead atoms. The quantitative estimate of drug-likeness (QED) is 0.767. The van der Waals surface area contributed by atoms with Gasteiger partial charge in [-0.25, -0.2) is 4.98 Å². The van der Waals surface area contributed by atoms with E-state index < -0.39 is 5.56 Å². The van der Waals surface area contributed by atoms with Crippen LogP contribution in [-0.4, -0.2) is 27.1 Å². The molecule has 0 spiro atoms. The van der Waals surface area contributed by atoms with Gasteiger partial charge in [0, 0.05) is 12.2 Å². The monoisotopic (exact) mass is 344 g/mol. The van der Waals surface area contributed by atoms with Gasteiger partial charge in [0.2, 0.25) is 4.96 Å². The van der Waals surface area contributed by atoms with Crippen molar-refractivity contribution in [2.75, 3.05) is 11.9 Å². The molecule has 0 saturated heterocycles. The summed E-state index contributed by atoms with van der Waals surface area (Å²) in [5.74, 6) is -0.350. The number of rotatable bonds is 5. The Morgan fingerprint density at radius 3 is 2.92 bits per heavy atom. The number of carbonyl (C=O) groups excluding carboxylic acids is 1. The molecule has 0 radical (unpaired) electrons. The molecule has 1 amide bonds. The zero-order chi connectivity index (χ0) is 17.1. The summed E-state index contributed by atoms with van der Waals surface area (Å²) < 4.78 is 6.48. The van der Waals surface area contributed by atoms with Crippen LogP contribution in [-0.2, 0) is 11.3 Å². The number of nitrogens with zero attached hydrogens (tertiary/aromatic N) is 3. The molecule has 1 aromatic carbocycles. The van der Waals surface area contributed by atoms with Gasteiger partial charge in [-0.1, -0.05) is 29.5 Å². The third kappa shape index (κ3) is 3.19. The maximum Gasteiger partial charge on any atom is 0.298 e. The Bertz CT molecular complexity index is 948. The van der Waals surface area contributed by atoms with Crippen molar-refractivity contribution in [1.29, 1.82) is 0 Å². The van der Waals surface area contributed by atoms with E-state index >= 15 is 0 Å². The van der Waals surface area contributed by atoms with E-state index in [1.54, 1.807) is 12.1 Å². The molecule has 3 aromatic rings. The van der Waals surface area contributed by atoms with Crippen LogP contribution in [0, 0.1) is 6.92 Å². The van der Waals surface area contributed by atoms with Crippen molar-refractivity contribution < 1.29 is 9.53 Å². The Labute approximate surface area is 141 Å². The number of aromatic nitrogens is 3. The van der Waals surface area contributed by atoms with Crippen molar-refractivity contribution in [2.24, 2.45) is 0 Å². The van der Waals surface area contributed by atoms with Gasteiger partial charge in [0.1, 0.15) is 17.3 Å². The molecule has 1 N–H and O–H groups in total. The molecular formula is C16H16N4O3S. The number of amides is 1. The van der Waals surface area contributed by atoms with E-state index in [1.807, 2.05) is 26.0 Å². The number of anilines is 1. The lowest BCUT2D eigenvalue weighted by atomic mass is 10.1. The van der Waals surface area contributed by atoms with Gasteiger partial charge in [-0.3, -0.25) is 9.59 Å². The van der Waals surface area contributed by atoms with Crippen LogP contribution in [0.15, 0.2) is 35.3 Å². The third-order valence-electron chi connectivity index (χ3n) is 3.40. The minimum absolute atomic E-state index is 0.0917. The number of ether oxygens (including phenoxy) is 1. The van der Waals surface area contributed by atoms with Crippen molar-refractivity contribution in [3.05, 3.63) is 57.0 Å². The Morgan fingerprint density at radius 1 is 1.38 bits per heavy atom. The SMILES string of the molecule is CCOCc1nn2c(=O)c(NC(=O)c3ccccc3C)cnc2s1. The van der Waals surface area contributed by atoms with E-state index in [2.05, 4.69) is 15.4 Å². The number of nitrogens with one attached hydrogen (secondary N) is 1. The number of benzene rings is 1. The number of hydrogen-bond donors (Lipinski definition) is 1. The molecule has 3 rings (SSSR count). The normalized spacial score (nSPS) is 10.9. The van der Waals surface area contributed by atoms with Crippen LogP contribution in [0.25, 0.3) is 4.96 Å². The van der Waals surface area contributed by atoms with E-state index in [4.69, 9.17) is 4.74 Å². The summed E-state index contributed by atoms with van der Waals surface area (Å²) in [7, 11) is 0. The summed E-state index contributed by atoms with van der Waals surface area (Å²) in [6, 6.07) is 7.17. The first-order valence-electron chi connectivity index (χ1n) is 7.42. The first-order chi connectivity index (χ1) is 11.6. The molecule has 0 unspecified atom stereocenters. The summed E-state index contributed by atoms with van der Waals surface area (Å²) in [5, 5.41) is 7.46. The molecule has 2 aromatic heterocycles. The lowest BCUT2D eigenvalue weighted by molar-refractivity contribution is 0.102. The highest BCUT2D eigenvalue weighted by Crippen LogP contribution is 2.14. The average molecular weight is 344 g/mol. The Hall–Kier alpha value is -2.58. The number of aryl methyl sites for hydroxylation is 1. The van der Waals surface area contributed by atoms with E-state index in [1.165, 1.54) is 22.0 Å². The van der Waals surface area contributed by atoms with E-state index in [0.717, 1.165) is 5.56 Å². The second-order valence-electron chi connectivity index (χ2n) is 5.07. The zero-order valence-electron chi connectivity index (χ0n) is 13.3. The van der Waals surface area contributed by atoms with Crippen LogP contribution in [0.2, 0.25) is 0 Å². The summed E-state index contributed by atoms with van der Waals surface area (Å²) in [5.41, 5.74) is 1.02. The maximum atomic E-state index is 12.5. The summed E-state index contributed by atoms with van der Waals surface area (Å²) in [6.45, 7) is 4.62. The molecule has 0 fully saturated rings. The Morgan fingerprint density at radius 2 is 2.17 bits per heavy atom. The van der Waals surface area contributed by atoms with Gasteiger partial charge in [0.05, 0.1) is 6.20 Å². The standard InChI is InChI=1S/C16H16N4O3S/c1-3-23-9-13-19-20-15(22)12(8-17-16(20)24-13)18-14(21)11-7-5-4-6-10(11)2/h4-8H,3,9H2,1-2H3,(H,18,21). The Balaban J connectivity index is 1.90. The summed E-state index contributed by atoms with van der Waals surface area (Å²) in [6.07, 6.45) is 1.36. The lowest BCUT2D eigenvalue weighted by Crippen LogP contribution is -2.23. The molecule has 0 atom stereocenters. The van der Waals surface area contributed by atoms with E-state index in [-0.39, 0.29) is 11.6 Å². The van der Waals surface area contributed by atoms with Crippen molar-refractivity contribution in [1.82, 2.24) is 14.6 Å². The minimum Gasteiger partial charge on any atom is -0.374 e. The highest BCUT2D eigenvalue weighted by Gasteiger charge is 2.14. The summed E-state index contributed by atoms with van der Waals surface area (Å²) in [4.78, 5) is 29.5. The largest absolute Gasteiger partial charge is 0.374 e. The third-order valence-corrected chi connectivity index (χ3v) is 4.29. The fourth-order valence-corrected chi connectivity index (χ4v) is 2.97. The lowest BCUT2D eigenvalue weighted by Gasteiger charge is -2.06. The molecule has 24 heavy (non-hydrogen) atoms. The van der Waals surface area contributed by atoms with Gasteiger partial charge in [0.15, 0.2) is 0 Å². The van der Waals surface area contributed by atoms with Gasteiger partial charge < -0.3 is 10.1 Å². The van der Waals surface area contributed by atoms with Crippen LogP contribution in [0.3, 0.4) is 0 Å². The topological polar surface area (TPSA) is 85.6 Å². The highest BCUT2D eigenvalue weighted by molar-refractivity contribution is 7.16. The maximum absolute atomic E-state index is 12.5. The van der Waals surface area contributed by atoms with Crippen LogP contribution in [0.5, 0.6) is 0 Å². The molecule has 8 heteroatoms. The van der Waals surface area contributed by atoms with Crippen molar-refractivity contribution in [3.63, 3.8) is 0 Å². The Kier molecular flexibility index (Phi) is 4.68. The predicted molar refractivity (Wildman–Crippen MR) is 91.6 cm³/mol. The fraction of sp³-hybridized carbons (Fsp3) is 0.250. The van der Waals surface area contributed by atoms with Gasteiger partial charge >= 0.3 is 0 Å². The van der Waals surface area contributed by atoms with Crippen molar-refractivity contribution >= 4 is 27.9 Å². The molecule has 0 aliphatic rings. The predicted octanol–water partition coefficient (Wildman–Crippen LogP) is 2.25. The van der Waals surface area contributed by atoms with Gasteiger partial charge in [0.25, 0.3) is 11.5 Å². The molecule has 124 valence electrons. The van der Waals surface area contributed by atoms with Crippen molar-refractivity contribution in [3.8, 4) is 0 Å². The molecule has 2 heterocycles. The van der Waals surface area contributed by atoms with Crippen LogP contribution < -0.4 is 10.9 Å². The highest BCUT2D eigenvalue weighted by atomic mass is 32.1. The van der Waals surface area contributed by atoms with Crippen LogP contribution in [0.4, 0.5) is 5.69 Å².